The molecule has 0 aromatic carbocycles. The van der Waals surface area contributed by atoms with E-state index in [-0.39, 0.29) is 5.97 Å². The fourth-order valence-electron chi connectivity index (χ4n) is 0.836. The largest absolute Gasteiger partial charge is 0.466 e. The minimum absolute atomic E-state index is 0.319. The zero-order chi connectivity index (χ0) is 10.1. The molecule has 0 aromatic rings. The Balaban J connectivity index is 3.54. The molecule has 0 saturated heterocycles. The third kappa shape index (κ3) is 7.33. The molecule has 76 valence electrons. The van der Waals surface area contributed by atoms with Gasteiger partial charge in [0.15, 0.2) is 0 Å². The Morgan fingerprint density at radius 2 is 2.31 bits per heavy atom. The Kier molecular flexibility index (Phi) is 7.01. The average Bonchev–Trinajstić information content (AvgIpc) is 2.14. The van der Waals surface area contributed by atoms with E-state index in [1.807, 2.05) is 19.0 Å². The minimum Gasteiger partial charge on any atom is -0.466 e. The summed E-state index contributed by atoms with van der Waals surface area (Å²) < 4.78 is 4.46. The Morgan fingerprint density at radius 3 is 2.85 bits per heavy atom. The van der Waals surface area contributed by atoms with E-state index < -0.39 is 0 Å². The lowest BCUT2D eigenvalue weighted by molar-refractivity contribution is -0.134. The average molecular weight is 186 g/mol. The van der Waals surface area contributed by atoms with Crippen LogP contribution in [0.1, 0.15) is 6.42 Å². The van der Waals surface area contributed by atoms with E-state index in [9.17, 15) is 4.79 Å². The molecular formula is C9H18N2O2. The van der Waals surface area contributed by atoms with Gasteiger partial charge < -0.3 is 15.0 Å². The summed E-state index contributed by atoms with van der Waals surface area (Å²) in [5.74, 6) is -0.319. The number of rotatable bonds is 6. The highest BCUT2D eigenvalue weighted by Crippen LogP contribution is 1.88. The lowest BCUT2D eigenvalue weighted by atomic mass is 10.4. The van der Waals surface area contributed by atoms with Crippen molar-refractivity contribution in [1.29, 1.82) is 0 Å². The van der Waals surface area contributed by atoms with Crippen molar-refractivity contribution in [3.05, 3.63) is 12.3 Å². The first-order valence-corrected chi connectivity index (χ1v) is 4.31. The summed E-state index contributed by atoms with van der Waals surface area (Å²) >= 11 is 0. The van der Waals surface area contributed by atoms with Crippen molar-refractivity contribution < 1.29 is 9.53 Å². The van der Waals surface area contributed by atoms with Gasteiger partial charge in [0, 0.05) is 25.9 Å². The molecule has 0 bridgehead atoms. The number of carbonyl (C=O) groups is 1. The first-order valence-electron chi connectivity index (χ1n) is 4.31. The van der Waals surface area contributed by atoms with Gasteiger partial charge in [-0.3, -0.25) is 0 Å². The molecule has 13 heavy (non-hydrogen) atoms. The van der Waals surface area contributed by atoms with Crippen LogP contribution in [0.3, 0.4) is 0 Å². The van der Waals surface area contributed by atoms with Gasteiger partial charge in [-0.15, -0.1) is 0 Å². The van der Waals surface area contributed by atoms with Crippen LogP contribution in [0.5, 0.6) is 0 Å². The smallest absolute Gasteiger partial charge is 0.331 e. The number of carbonyl (C=O) groups excluding carboxylic acids is 1. The molecule has 0 rings (SSSR count). The maximum Gasteiger partial charge on any atom is 0.331 e. The number of methoxy groups -OCH3 is 1. The Morgan fingerprint density at radius 1 is 1.62 bits per heavy atom. The molecule has 0 atom stereocenters. The molecule has 4 heteroatoms. The minimum atomic E-state index is -0.319. The highest BCUT2D eigenvalue weighted by Gasteiger charge is 1.93. The third-order valence-electron chi connectivity index (χ3n) is 1.60. The Labute approximate surface area is 79.6 Å². The second kappa shape index (κ2) is 7.61. The Bertz CT molecular complexity index is 169. The van der Waals surface area contributed by atoms with Crippen molar-refractivity contribution in [2.75, 3.05) is 34.3 Å². The zero-order valence-corrected chi connectivity index (χ0v) is 8.54. The molecule has 0 fully saturated rings. The van der Waals surface area contributed by atoms with Crippen LogP contribution in [0.2, 0.25) is 0 Å². The second-order valence-electron chi connectivity index (χ2n) is 2.78. The van der Waals surface area contributed by atoms with Gasteiger partial charge in [0.2, 0.25) is 0 Å². The van der Waals surface area contributed by atoms with Crippen LogP contribution < -0.4 is 5.32 Å². The van der Waals surface area contributed by atoms with Crippen LogP contribution in [-0.4, -0.2) is 45.2 Å². The summed E-state index contributed by atoms with van der Waals surface area (Å²) in [5.41, 5.74) is 0. The standard InChI is InChI=1S/C9H18N2O2/c1-10-6-4-7-11(2)8-5-9(12)13-3/h5,8,10H,4,6-7H2,1-3H3. The van der Waals surface area contributed by atoms with Gasteiger partial charge >= 0.3 is 5.97 Å². The lowest BCUT2D eigenvalue weighted by Crippen LogP contribution is -2.18. The summed E-state index contributed by atoms with van der Waals surface area (Å²) in [6.07, 6.45) is 4.19. The van der Waals surface area contributed by atoms with Crippen molar-refractivity contribution in [2.24, 2.45) is 0 Å². The van der Waals surface area contributed by atoms with E-state index in [4.69, 9.17) is 0 Å². The van der Waals surface area contributed by atoms with Crippen molar-refractivity contribution in [1.82, 2.24) is 10.2 Å². The highest BCUT2D eigenvalue weighted by atomic mass is 16.5. The van der Waals surface area contributed by atoms with Gasteiger partial charge in [-0.05, 0) is 20.0 Å². The van der Waals surface area contributed by atoms with E-state index in [2.05, 4.69) is 10.1 Å². The molecular weight excluding hydrogens is 168 g/mol. The molecule has 1 N–H and O–H groups in total. The maximum atomic E-state index is 10.7. The Hall–Kier alpha value is -1.03. The number of nitrogens with zero attached hydrogens (tertiary/aromatic N) is 1. The summed E-state index contributed by atoms with van der Waals surface area (Å²) in [4.78, 5) is 12.7. The van der Waals surface area contributed by atoms with Gasteiger partial charge in [0.05, 0.1) is 7.11 Å². The van der Waals surface area contributed by atoms with Gasteiger partial charge in [0.1, 0.15) is 0 Å². The van der Waals surface area contributed by atoms with Crippen LogP contribution in [0.4, 0.5) is 0 Å². The maximum absolute atomic E-state index is 10.7. The number of esters is 1. The van der Waals surface area contributed by atoms with E-state index in [1.54, 1.807) is 6.20 Å². The molecule has 0 amide bonds. The van der Waals surface area contributed by atoms with E-state index in [0.29, 0.717) is 0 Å². The van der Waals surface area contributed by atoms with E-state index in [1.165, 1.54) is 13.2 Å². The van der Waals surface area contributed by atoms with Crippen molar-refractivity contribution >= 4 is 5.97 Å². The summed E-state index contributed by atoms with van der Waals surface area (Å²) in [6.45, 7) is 1.91. The van der Waals surface area contributed by atoms with Crippen LogP contribution >= 0.6 is 0 Å². The lowest BCUT2D eigenvalue weighted by Gasteiger charge is -2.12. The van der Waals surface area contributed by atoms with Gasteiger partial charge in [-0.25, -0.2) is 4.79 Å². The molecule has 0 aromatic heterocycles. The number of hydrogen-bond acceptors (Lipinski definition) is 4. The van der Waals surface area contributed by atoms with Gasteiger partial charge in [0.25, 0.3) is 0 Å². The highest BCUT2D eigenvalue weighted by molar-refractivity contribution is 5.81. The first kappa shape index (κ1) is 12.0. The molecule has 0 heterocycles. The number of ether oxygens (including phenoxy) is 1. The molecule has 0 unspecified atom stereocenters. The molecule has 0 aliphatic carbocycles. The van der Waals surface area contributed by atoms with Crippen molar-refractivity contribution in [3.63, 3.8) is 0 Å². The monoisotopic (exact) mass is 186 g/mol. The summed E-state index contributed by atoms with van der Waals surface area (Å²) in [7, 11) is 5.22. The third-order valence-corrected chi connectivity index (χ3v) is 1.60. The molecule has 0 saturated carbocycles. The molecule has 0 spiro atoms. The van der Waals surface area contributed by atoms with Crippen LogP contribution in [0.15, 0.2) is 12.3 Å². The molecule has 0 radical (unpaired) electrons. The SMILES string of the molecule is CNCCCN(C)C=CC(=O)OC. The molecule has 4 nitrogen and oxygen atoms in total. The van der Waals surface area contributed by atoms with E-state index >= 15 is 0 Å². The van der Waals surface area contributed by atoms with Crippen molar-refractivity contribution in [3.8, 4) is 0 Å². The molecule has 0 aliphatic heterocycles. The van der Waals surface area contributed by atoms with Crippen LogP contribution in [-0.2, 0) is 9.53 Å². The summed E-state index contributed by atoms with van der Waals surface area (Å²) in [6, 6.07) is 0. The quantitative estimate of drug-likeness (QED) is 0.366. The van der Waals surface area contributed by atoms with Crippen LogP contribution in [0, 0.1) is 0 Å². The number of hydrogen-bond donors (Lipinski definition) is 1. The van der Waals surface area contributed by atoms with Crippen molar-refractivity contribution in [2.45, 2.75) is 6.42 Å². The fraction of sp³-hybridized carbons (Fsp3) is 0.667. The summed E-state index contributed by atoms with van der Waals surface area (Å²) in [5, 5.41) is 3.06. The zero-order valence-electron chi connectivity index (χ0n) is 8.54. The first-order chi connectivity index (χ1) is 6.20. The normalized spacial score (nSPS) is 10.4. The topological polar surface area (TPSA) is 41.6 Å². The van der Waals surface area contributed by atoms with E-state index in [0.717, 1.165) is 19.5 Å². The predicted molar refractivity (Wildman–Crippen MR) is 52.3 cm³/mol. The molecule has 0 aliphatic rings. The number of nitrogens with one attached hydrogen (secondary N) is 1. The second-order valence-corrected chi connectivity index (χ2v) is 2.78. The predicted octanol–water partition coefficient (Wildman–Crippen LogP) is 0.214. The van der Waals surface area contributed by atoms with Gasteiger partial charge in [-0.1, -0.05) is 0 Å². The van der Waals surface area contributed by atoms with Crippen LogP contribution in [0.25, 0.3) is 0 Å². The van der Waals surface area contributed by atoms with Gasteiger partial charge in [-0.2, -0.15) is 0 Å². The fourth-order valence-corrected chi connectivity index (χ4v) is 0.836.